The number of rotatable bonds is 9. The van der Waals surface area contributed by atoms with Crippen LogP contribution in [0.15, 0.2) is 60.7 Å². The summed E-state index contributed by atoms with van der Waals surface area (Å²) in [5, 5.41) is 3.07. The van der Waals surface area contributed by atoms with Gasteiger partial charge in [-0.05, 0) is 68.5 Å². The highest BCUT2D eigenvalue weighted by molar-refractivity contribution is 5.96. The number of hydrogen-bond donors (Lipinski definition) is 1. The minimum atomic E-state index is -0.0839. The highest BCUT2D eigenvalue weighted by Gasteiger charge is 2.28. The number of ether oxygens (including phenoxy) is 2. The third kappa shape index (κ3) is 6.47. The molecule has 2 aromatic carbocycles. The van der Waals surface area contributed by atoms with Gasteiger partial charge in [0.25, 0.3) is 11.8 Å². The van der Waals surface area contributed by atoms with E-state index in [1.165, 1.54) is 5.56 Å². The third-order valence-corrected chi connectivity index (χ3v) is 6.88. The fourth-order valence-electron chi connectivity index (χ4n) is 4.82. The Morgan fingerprint density at radius 3 is 2.41 bits per heavy atom. The van der Waals surface area contributed by atoms with Gasteiger partial charge >= 0.3 is 0 Å². The molecule has 0 spiro atoms. The fraction of sp³-hybridized carbons (Fsp3) is 0.367. The molecule has 37 heavy (non-hydrogen) atoms. The number of benzene rings is 2. The van der Waals surface area contributed by atoms with E-state index >= 15 is 0 Å². The molecule has 7 nitrogen and oxygen atoms in total. The molecular weight excluding hydrogens is 466 g/mol. The predicted molar refractivity (Wildman–Crippen MR) is 143 cm³/mol. The molecule has 0 atom stereocenters. The maximum absolute atomic E-state index is 13.1. The first-order valence-electron chi connectivity index (χ1n) is 12.8. The Bertz CT molecular complexity index is 1220. The van der Waals surface area contributed by atoms with Crippen LogP contribution in [0.3, 0.4) is 0 Å². The Morgan fingerprint density at radius 2 is 1.70 bits per heavy atom. The lowest BCUT2D eigenvalue weighted by Crippen LogP contribution is -2.38. The number of piperidine rings is 1. The average molecular weight is 502 g/mol. The lowest BCUT2D eigenvalue weighted by Gasteiger charge is -2.32. The van der Waals surface area contributed by atoms with Gasteiger partial charge in [-0.15, -0.1) is 0 Å². The molecule has 2 heterocycles. The number of aromatic nitrogens is 1. The summed E-state index contributed by atoms with van der Waals surface area (Å²) in [6.07, 6.45) is 3.31. The zero-order valence-corrected chi connectivity index (χ0v) is 21.8. The molecule has 1 fully saturated rings. The Balaban J connectivity index is 1.37. The van der Waals surface area contributed by atoms with Crippen molar-refractivity contribution in [1.29, 1.82) is 0 Å². The van der Waals surface area contributed by atoms with E-state index in [-0.39, 0.29) is 17.7 Å². The smallest absolute Gasteiger partial charge is 0.253 e. The second-order valence-electron chi connectivity index (χ2n) is 9.37. The molecule has 194 valence electrons. The summed E-state index contributed by atoms with van der Waals surface area (Å²) in [6, 6.07) is 19.3. The van der Waals surface area contributed by atoms with Crippen molar-refractivity contribution in [3.63, 3.8) is 0 Å². The molecule has 0 saturated carbocycles. The fourth-order valence-corrected chi connectivity index (χ4v) is 4.82. The maximum Gasteiger partial charge on any atom is 0.253 e. The molecule has 1 N–H and O–H groups in total. The van der Waals surface area contributed by atoms with Crippen LogP contribution in [-0.2, 0) is 6.42 Å². The summed E-state index contributed by atoms with van der Waals surface area (Å²) in [5.41, 5.74) is 4.19. The van der Waals surface area contributed by atoms with E-state index in [2.05, 4.69) is 17.4 Å². The second-order valence-corrected chi connectivity index (χ2v) is 9.37. The number of carbonyl (C=O) groups excluding carboxylic acids is 2. The number of methoxy groups -OCH3 is 2. The van der Waals surface area contributed by atoms with Crippen LogP contribution in [0.25, 0.3) is 0 Å². The summed E-state index contributed by atoms with van der Waals surface area (Å²) < 4.78 is 10.6. The van der Waals surface area contributed by atoms with Crippen molar-refractivity contribution in [2.24, 2.45) is 0 Å². The number of likely N-dealkylation sites (tertiary alicyclic amines) is 1. The average Bonchev–Trinajstić information content (AvgIpc) is 2.95. The largest absolute Gasteiger partial charge is 0.493 e. The molecule has 1 aromatic heterocycles. The van der Waals surface area contributed by atoms with Gasteiger partial charge in [0.15, 0.2) is 11.5 Å². The van der Waals surface area contributed by atoms with Crippen LogP contribution < -0.4 is 14.8 Å². The van der Waals surface area contributed by atoms with Gasteiger partial charge in [-0.2, -0.15) is 0 Å². The lowest BCUT2D eigenvalue weighted by molar-refractivity contribution is 0.0710. The zero-order valence-electron chi connectivity index (χ0n) is 21.8. The Labute approximate surface area is 218 Å². The highest BCUT2D eigenvalue weighted by atomic mass is 16.5. The van der Waals surface area contributed by atoms with Gasteiger partial charge in [-0.25, -0.2) is 0 Å². The van der Waals surface area contributed by atoms with Gasteiger partial charge < -0.3 is 19.7 Å². The van der Waals surface area contributed by atoms with E-state index in [9.17, 15) is 9.59 Å². The maximum atomic E-state index is 13.1. The Kier molecular flexibility index (Phi) is 8.77. The molecule has 1 saturated heterocycles. The molecule has 1 aliphatic rings. The van der Waals surface area contributed by atoms with Crippen molar-refractivity contribution in [2.45, 2.75) is 38.5 Å². The van der Waals surface area contributed by atoms with Crippen LogP contribution in [0.2, 0.25) is 0 Å². The first kappa shape index (κ1) is 26.2. The molecule has 3 aromatic rings. The van der Waals surface area contributed by atoms with Gasteiger partial charge in [0.2, 0.25) is 0 Å². The van der Waals surface area contributed by atoms with Crippen LogP contribution in [0.4, 0.5) is 0 Å². The number of amides is 2. The van der Waals surface area contributed by atoms with Gasteiger partial charge in [-0.3, -0.25) is 14.6 Å². The molecule has 0 radical (unpaired) electrons. The zero-order chi connectivity index (χ0) is 26.2. The summed E-state index contributed by atoms with van der Waals surface area (Å²) in [6.45, 7) is 3.76. The minimum Gasteiger partial charge on any atom is -0.493 e. The van der Waals surface area contributed by atoms with E-state index in [0.29, 0.717) is 42.3 Å². The summed E-state index contributed by atoms with van der Waals surface area (Å²) in [7, 11) is 3.13. The first-order chi connectivity index (χ1) is 18.0. The van der Waals surface area contributed by atoms with Crippen molar-refractivity contribution >= 4 is 11.8 Å². The van der Waals surface area contributed by atoms with Crippen LogP contribution in [-0.4, -0.2) is 55.6 Å². The number of carbonyl (C=O) groups is 2. The van der Waals surface area contributed by atoms with Crippen molar-refractivity contribution in [3.8, 4) is 11.5 Å². The number of pyridine rings is 1. The van der Waals surface area contributed by atoms with Gasteiger partial charge in [0.05, 0.1) is 25.5 Å². The van der Waals surface area contributed by atoms with Crippen LogP contribution in [0, 0.1) is 6.92 Å². The molecule has 4 rings (SSSR count). The van der Waals surface area contributed by atoms with Gasteiger partial charge in [0.1, 0.15) is 0 Å². The Morgan fingerprint density at radius 1 is 0.973 bits per heavy atom. The van der Waals surface area contributed by atoms with E-state index in [0.717, 1.165) is 37.1 Å². The van der Waals surface area contributed by atoms with Crippen molar-refractivity contribution in [2.75, 3.05) is 33.9 Å². The molecule has 0 bridgehead atoms. The molecular formula is C30H35N3O4. The third-order valence-electron chi connectivity index (χ3n) is 6.88. The number of hydrogen-bond acceptors (Lipinski definition) is 5. The molecule has 2 amide bonds. The lowest BCUT2D eigenvalue weighted by atomic mass is 9.89. The monoisotopic (exact) mass is 501 g/mol. The van der Waals surface area contributed by atoms with E-state index < -0.39 is 0 Å². The first-order valence-corrected chi connectivity index (χ1v) is 12.8. The SMILES string of the molecule is COc1ccc(C(=O)N2CCC(c3nc(C)ccc3C(=O)NCCCc3ccccc3)CC2)cc1OC. The highest BCUT2D eigenvalue weighted by Crippen LogP contribution is 2.32. The molecule has 0 unspecified atom stereocenters. The van der Waals surface area contributed by atoms with E-state index in [4.69, 9.17) is 14.5 Å². The van der Waals surface area contributed by atoms with E-state index in [1.807, 2.05) is 42.2 Å². The van der Waals surface area contributed by atoms with Crippen molar-refractivity contribution in [1.82, 2.24) is 15.2 Å². The van der Waals surface area contributed by atoms with Gasteiger partial charge in [-0.1, -0.05) is 30.3 Å². The second kappa shape index (κ2) is 12.4. The van der Waals surface area contributed by atoms with Crippen LogP contribution in [0.5, 0.6) is 11.5 Å². The minimum absolute atomic E-state index is 0.0343. The van der Waals surface area contributed by atoms with Crippen molar-refractivity contribution in [3.05, 3.63) is 88.7 Å². The summed E-state index contributed by atoms with van der Waals surface area (Å²) in [4.78, 5) is 32.8. The standard InChI is InChI=1S/C30H35N3O4/c1-21-11-13-25(29(34)31-17-7-10-22-8-5-4-6-9-22)28(32-21)23-15-18-33(19-16-23)30(35)24-12-14-26(36-2)27(20-24)37-3/h4-6,8-9,11-14,20,23H,7,10,15-19H2,1-3H3,(H,31,34). The molecule has 7 heteroatoms. The van der Waals surface area contributed by atoms with Crippen molar-refractivity contribution < 1.29 is 19.1 Å². The molecule has 0 aliphatic carbocycles. The predicted octanol–water partition coefficient (Wildman–Crippen LogP) is 4.79. The molecule has 1 aliphatic heterocycles. The van der Waals surface area contributed by atoms with E-state index in [1.54, 1.807) is 32.4 Å². The quantitative estimate of drug-likeness (QED) is 0.427. The normalized spacial score (nSPS) is 13.8. The van der Waals surface area contributed by atoms with Crippen LogP contribution >= 0.6 is 0 Å². The Hall–Kier alpha value is -3.87. The summed E-state index contributed by atoms with van der Waals surface area (Å²) >= 11 is 0. The topological polar surface area (TPSA) is 80.8 Å². The number of nitrogens with zero attached hydrogens (tertiary/aromatic N) is 2. The van der Waals surface area contributed by atoms with Gasteiger partial charge in [0, 0.05) is 36.8 Å². The summed E-state index contributed by atoms with van der Waals surface area (Å²) in [5.74, 6) is 1.13. The number of nitrogens with one attached hydrogen (secondary N) is 1. The van der Waals surface area contributed by atoms with Crippen LogP contribution in [0.1, 0.15) is 62.8 Å². The number of aryl methyl sites for hydroxylation is 2.